The second-order valence-electron chi connectivity index (χ2n) is 4.31. The number of hydrogen-bond donors (Lipinski definition) is 1. The number of nitrogens with zero attached hydrogens (tertiary/aromatic N) is 1. The first-order valence-corrected chi connectivity index (χ1v) is 5.99. The molecule has 0 aliphatic carbocycles. The predicted octanol–water partition coefficient (Wildman–Crippen LogP) is 1.19. The van der Waals surface area contributed by atoms with E-state index in [2.05, 4.69) is 0 Å². The number of aliphatic hydroxyl groups is 1. The van der Waals surface area contributed by atoms with Crippen LogP contribution in [0.2, 0.25) is 0 Å². The molecule has 98 valence electrons. The summed E-state index contributed by atoms with van der Waals surface area (Å²) < 4.78 is 18.0. The van der Waals surface area contributed by atoms with Gasteiger partial charge in [-0.2, -0.15) is 0 Å². The minimum absolute atomic E-state index is 0.0116. The van der Waals surface area contributed by atoms with Crippen molar-refractivity contribution < 1.29 is 19.0 Å². The summed E-state index contributed by atoms with van der Waals surface area (Å²) in [5.74, 6) is -0.0195. The third kappa shape index (κ3) is 2.98. The summed E-state index contributed by atoms with van der Waals surface area (Å²) in [6.07, 6.45) is 1.74. The number of carbonyl (C=O) groups is 1. The quantitative estimate of drug-likeness (QED) is 0.876. The van der Waals surface area contributed by atoms with E-state index in [-0.39, 0.29) is 31.0 Å². The van der Waals surface area contributed by atoms with E-state index in [1.54, 1.807) is 4.90 Å². The monoisotopic (exact) mass is 253 g/mol. The number of carbonyl (C=O) groups excluding carboxylic acids is 1. The molecule has 4 nitrogen and oxygen atoms in total. The second-order valence-corrected chi connectivity index (χ2v) is 4.31. The number of amides is 1. The van der Waals surface area contributed by atoms with Crippen molar-refractivity contribution in [2.45, 2.75) is 18.9 Å². The minimum Gasteiger partial charge on any atom is -0.484 e. The highest BCUT2D eigenvalue weighted by Gasteiger charge is 2.27. The van der Waals surface area contributed by atoms with Gasteiger partial charge in [-0.25, -0.2) is 4.39 Å². The molecule has 0 radical (unpaired) electrons. The van der Waals surface area contributed by atoms with Crippen LogP contribution >= 0.6 is 0 Å². The molecule has 5 heteroatoms. The Kier molecular flexibility index (Phi) is 4.15. The van der Waals surface area contributed by atoms with Gasteiger partial charge >= 0.3 is 0 Å². The Morgan fingerprint density at radius 2 is 2.17 bits per heavy atom. The summed E-state index contributed by atoms with van der Waals surface area (Å²) in [4.78, 5) is 13.5. The molecule has 1 fully saturated rings. The van der Waals surface area contributed by atoms with Gasteiger partial charge in [0.1, 0.15) is 11.6 Å². The van der Waals surface area contributed by atoms with Crippen molar-refractivity contribution >= 4 is 5.91 Å². The smallest absolute Gasteiger partial charge is 0.260 e. The number of likely N-dealkylation sites (tertiary alicyclic amines) is 1. The fourth-order valence-corrected chi connectivity index (χ4v) is 2.11. The van der Waals surface area contributed by atoms with Crippen molar-refractivity contribution in [2.75, 3.05) is 19.8 Å². The molecule has 1 aromatic rings. The maximum Gasteiger partial charge on any atom is 0.260 e. The van der Waals surface area contributed by atoms with E-state index in [1.807, 2.05) is 0 Å². The highest BCUT2D eigenvalue weighted by atomic mass is 19.1. The molecule has 1 aliphatic heterocycles. The first-order chi connectivity index (χ1) is 8.70. The zero-order valence-corrected chi connectivity index (χ0v) is 10.0. The topological polar surface area (TPSA) is 49.8 Å². The van der Waals surface area contributed by atoms with Crippen LogP contribution in [0.5, 0.6) is 5.75 Å². The maximum atomic E-state index is 12.7. The Labute approximate surface area is 105 Å². The van der Waals surface area contributed by atoms with E-state index in [0.717, 1.165) is 12.8 Å². The molecule has 1 heterocycles. The van der Waals surface area contributed by atoms with Gasteiger partial charge in [0, 0.05) is 6.54 Å². The van der Waals surface area contributed by atoms with Crippen LogP contribution < -0.4 is 4.74 Å². The molecule has 1 saturated heterocycles. The Morgan fingerprint density at radius 1 is 1.44 bits per heavy atom. The third-order valence-electron chi connectivity index (χ3n) is 3.08. The van der Waals surface area contributed by atoms with Crippen molar-refractivity contribution in [3.63, 3.8) is 0 Å². The average Bonchev–Trinajstić information content (AvgIpc) is 2.86. The Balaban J connectivity index is 1.86. The van der Waals surface area contributed by atoms with Gasteiger partial charge in [-0.15, -0.1) is 0 Å². The van der Waals surface area contributed by atoms with E-state index in [4.69, 9.17) is 9.84 Å². The van der Waals surface area contributed by atoms with Crippen LogP contribution in [0.1, 0.15) is 12.8 Å². The Bertz CT molecular complexity index is 407. The minimum atomic E-state index is -0.339. The average molecular weight is 253 g/mol. The first-order valence-electron chi connectivity index (χ1n) is 5.99. The van der Waals surface area contributed by atoms with Gasteiger partial charge < -0.3 is 14.7 Å². The third-order valence-corrected chi connectivity index (χ3v) is 3.08. The van der Waals surface area contributed by atoms with Crippen LogP contribution in [0, 0.1) is 5.82 Å². The van der Waals surface area contributed by atoms with Gasteiger partial charge in [0.25, 0.3) is 5.91 Å². The lowest BCUT2D eigenvalue weighted by atomic mass is 10.2. The fraction of sp³-hybridized carbons (Fsp3) is 0.462. The van der Waals surface area contributed by atoms with Crippen LogP contribution in [0.3, 0.4) is 0 Å². The van der Waals surface area contributed by atoms with Gasteiger partial charge in [0.05, 0.1) is 12.6 Å². The van der Waals surface area contributed by atoms with Crippen LogP contribution in [0.4, 0.5) is 4.39 Å². The van der Waals surface area contributed by atoms with Crippen LogP contribution in [0.25, 0.3) is 0 Å². The first kappa shape index (κ1) is 12.8. The number of hydrogen-bond acceptors (Lipinski definition) is 3. The normalized spacial score (nSPS) is 19.0. The van der Waals surface area contributed by atoms with Crippen LogP contribution in [0.15, 0.2) is 24.3 Å². The van der Waals surface area contributed by atoms with E-state index < -0.39 is 0 Å². The van der Waals surface area contributed by atoms with Gasteiger partial charge in [0.2, 0.25) is 0 Å². The lowest BCUT2D eigenvalue weighted by Gasteiger charge is -2.22. The van der Waals surface area contributed by atoms with Crippen LogP contribution in [-0.4, -0.2) is 41.7 Å². The van der Waals surface area contributed by atoms with Crippen molar-refractivity contribution in [1.29, 1.82) is 0 Å². The Hall–Kier alpha value is -1.62. The van der Waals surface area contributed by atoms with Crippen LogP contribution in [-0.2, 0) is 4.79 Å². The lowest BCUT2D eigenvalue weighted by molar-refractivity contribution is -0.134. The van der Waals surface area contributed by atoms with Crippen molar-refractivity contribution in [2.24, 2.45) is 0 Å². The molecule has 2 rings (SSSR count). The molecule has 1 aromatic carbocycles. The highest BCUT2D eigenvalue weighted by molar-refractivity contribution is 5.78. The SMILES string of the molecule is O=C(COc1ccc(F)cc1)N1CCCC1CO. The molecule has 1 atom stereocenters. The van der Waals surface area contributed by atoms with E-state index >= 15 is 0 Å². The van der Waals surface area contributed by atoms with Crippen molar-refractivity contribution in [3.8, 4) is 5.75 Å². The molecule has 0 spiro atoms. The number of aliphatic hydroxyl groups excluding tert-OH is 1. The highest BCUT2D eigenvalue weighted by Crippen LogP contribution is 2.17. The predicted molar refractivity (Wildman–Crippen MR) is 63.7 cm³/mol. The molecule has 0 bridgehead atoms. The molecule has 1 aliphatic rings. The van der Waals surface area contributed by atoms with Crippen molar-refractivity contribution in [3.05, 3.63) is 30.1 Å². The van der Waals surface area contributed by atoms with E-state index in [0.29, 0.717) is 12.3 Å². The molecule has 1 N–H and O–H groups in total. The van der Waals surface area contributed by atoms with Gasteiger partial charge in [-0.05, 0) is 37.1 Å². The summed E-state index contributed by atoms with van der Waals surface area (Å²) in [6.45, 7) is 0.571. The van der Waals surface area contributed by atoms with E-state index in [9.17, 15) is 9.18 Å². The molecule has 0 aromatic heterocycles. The summed E-state index contributed by atoms with van der Waals surface area (Å²) >= 11 is 0. The molecule has 0 saturated carbocycles. The van der Waals surface area contributed by atoms with E-state index in [1.165, 1.54) is 24.3 Å². The molecule has 1 amide bonds. The fourth-order valence-electron chi connectivity index (χ4n) is 2.11. The number of halogens is 1. The van der Waals surface area contributed by atoms with Crippen molar-refractivity contribution in [1.82, 2.24) is 4.90 Å². The zero-order valence-electron chi connectivity index (χ0n) is 10.0. The molecular formula is C13H16FNO3. The van der Waals surface area contributed by atoms with Gasteiger partial charge in [0.15, 0.2) is 6.61 Å². The second kappa shape index (κ2) is 5.82. The number of ether oxygens (including phenoxy) is 1. The van der Waals surface area contributed by atoms with Gasteiger partial charge in [-0.3, -0.25) is 4.79 Å². The Morgan fingerprint density at radius 3 is 2.83 bits per heavy atom. The molecule has 18 heavy (non-hydrogen) atoms. The van der Waals surface area contributed by atoms with Gasteiger partial charge in [-0.1, -0.05) is 0 Å². The number of benzene rings is 1. The summed E-state index contributed by atoms with van der Waals surface area (Å²) in [5.41, 5.74) is 0. The lowest BCUT2D eigenvalue weighted by Crippen LogP contribution is -2.40. The number of rotatable bonds is 4. The summed E-state index contributed by atoms with van der Waals surface area (Å²) in [7, 11) is 0. The zero-order chi connectivity index (χ0) is 13.0. The summed E-state index contributed by atoms with van der Waals surface area (Å²) in [5, 5.41) is 9.12. The summed E-state index contributed by atoms with van der Waals surface area (Å²) in [6, 6.07) is 5.44. The molecular weight excluding hydrogens is 237 g/mol. The largest absolute Gasteiger partial charge is 0.484 e. The maximum absolute atomic E-state index is 12.7. The molecule has 1 unspecified atom stereocenters. The standard InChI is InChI=1S/C13H16FNO3/c14-10-3-5-12(6-4-10)18-9-13(17)15-7-1-2-11(15)8-16/h3-6,11,16H,1-2,7-9H2.